The maximum absolute atomic E-state index is 12.3. The Kier molecular flexibility index (Phi) is 8.45. The summed E-state index contributed by atoms with van der Waals surface area (Å²) >= 11 is 1.55. The van der Waals surface area contributed by atoms with E-state index in [0.29, 0.717) is 5.17 Å². The van der Waals surface area contributed by atoms with Crippen LogP contribution in [0, 0.1) is 0 Å². The number of amides is 1. The molecule has 3 aromatic carbocycles. The van der Waals surface area contributed by atoms with Crippen LogP contribution < -0.4 is 24.8 Å². The molecule has 0 saturated carbocycles. The van der Waals surface area contributed by atoms with Gasteiger partial charge in [0.25, 0.3) is 0 Å². The molecule has 7 nitrogen and oxygen atoms in total. The van der Waals surface area contributed by atoms with Gasteiger partial charge in [0.05, 0.1) is 18.5 Å². The smallest absolute Gasteiger partial charge is 0.222 e. The second-order valence-corrected chi connectivity index (χ2v) is 11.2. The summed E-state index contributed by atoms with van der Waals surface area (Å²) < 4.78 is 5.29. The van der Waals surface area contributed by atoms with Crippen molar-refractivity contribution in [1.82, 2.24) is 5.32 Å². The van der Waals surface area contributed by atoms with Crippen LogP contribution in [-0.2, 0) is 9.54 Å². The standard InChI is InChI=1S/C31H39N5O2S/c1-9-36(10-2)28-20-27-26(19-29(28)38-8)31(39-30(33-27)32-21(3)37,22-11-15-24(16-12-22)34(4)5)23-13-17-25(18-14-23)35(6)7/h11-20H,9-10H2,1-8H3,(H,32,33,37). The number of fused-ring (bicyclic) bond motifs is 1. The van der Waals surface area contributed by atoms with Gasteiger partial charge >= 0.3 is 0 Å². The van der Waals surface area contributed by atoms with Crippen LogP contribution >= 0.6 is 11.8 Å². The Morgan fingerprint density at radius 2 is 1.41 bits per heavy atom. The summed E-state index contributed by atoms with van der Waals surface area (Å²) in [5, 5.41) is 3.56. The zero-order chi connectivity index (χ0) is 28.3. The van der Waals surface area contributed by atoms with Crippen molar-refractivity contribution in [3.63, 3.8) is 0 Å². The van der Waals surface area contributed by atoms with Crippen molar-refractivity contribution in [3.8, 4) is 5.75 Å². The Balaban J connectivity index is 2.07. The van der Waals surface area contributed by atoms with Gasteiger partial charge in [-0.1, -0.05) is 36.0 Å². The highest BCUT2D eigenvalue weighted by Crippen LogP contribution is 2.56. The molecule has 0 fully saturated rings. The number of methoxy groups -OCH3 is 1. The van der Waals surface area contributed by atoms with Crippen LogP contribution in [0.2, 0.25) is 0 Å². The van der Waals surface area contributed by atoms with Crippen LogP contribution in [0.25, 0.3) is 0 Å². The molecule has 1 N–H and O–H groups in total. The summed E-state index contributed by atoms with van der Waals surface area (Å²) in [4.78, 5) is 23.7. The fraction of sp³-hybridized carbons (Fsp3) is 0.355. The number of hydrogen-bond donors (Lipinski definition) is 1. The van der Waals surface area contributed by atoms with Gasteiger partial charge in [-0.3, -0.25) is 4.79 Å². The van der Waals surface area contributed by atoms with E-state index in [9.17, 15) is 4.79 Å². The van der Waals surface area contributed by atoms with Crippen LogP contribution in [0.5, 0.6) is 5.75 Å². The number of hydrogen-bond acceptors (Lipinski definition) is 7. The minimum Gasteiger partial charge on any atom is -0.495 e. The van der Waals surface area contributed by atoms with Gasteiger partial charge in [-0.2, -0.15) is 0 Å². The predicted octanol–water partition coefficient (Wildman–Crippen LogP) is 5.84. The maximum Gasteiger partial charge on any atom is 0.222 e. The maximum atomic E-state index is 12.3. The highest BCUT2D eigenvalue weighted by molar-refractivity contribution is 8.15. The Labute approximate surface area is 236 Å². The quantitative estimate of drug-likeness (QED) is 0.384. The predicted molar refractivity (Wildman–Crippen MR) is 166 cm³/mol. The molecule has 0 aromatic heterocycles. The lowest BCUT2D eigenvalue weighted by Crippen LogP contribution is -2.36. The molecule has 0 radical (unpaired) electrons. The SMILES string of the molecule is CCN(CC)c1cc2c(cc1OC)C(c1ccc(N(C)C)cc1)(c1ccc(N(C)C)cc1)SC(NC(C)=O)=N2. The number of carbonyl (C=O) groups is 1. The molecule has 1 amide bonds. The number of ether oxygens (including phenoxy) is 1. The van der Waals surface area contributed by atoms with E-state index in [2.05, 4.69) is 94.5 Å². The molecule has 1 aliphatic heterocycles. The van der Waals surface area contributed by atoms with Crippen LogP contribution in [0.3, 0.4) is 0 Å². The van der Waals surface area contributed by atoms with E-state index >= 15 is 0 Å². The van der Waals surface area contributed by atoms with Crippen molar-refractivity contribution >= 4 is 45.6 Å². The molecule has 3 aromatic rings. The fourth-order valence-electron chi connectivity index (χ4n) is 5.03. The van der Waals surface area contributed by atoms with Crippen molar-refractivity contribution in [2.24, 2.45) is 4.99 Å². The first-order valence-electron chi connectivity index (χ1n) is 13.2. The van der Waals surface area contributed by atoms with Gasteiger partial charge in [0.2, 0.25) is 5.91 Å². The van der Waals surface area contributed by atoms with Crippen molar-refractivity contribution in [3.05, 3.63) is 77.4 Å². The zero-order valence-corrected chi connectivity index (χ0v) is 25.0. The highest BCUT2D eigenvalue weighted by Gasteiger charge is 2.44. The number of rotatable bonds is 8. The van der Waals surface area contributed by atoms with E-state index in [1.54, 1.807) is 18.9 Å². The van der Waals surface area contributed by atoms with Crippen LogP contribution in [0.15, 0.2) is 65.7 Å². The van der Waals surface area contributed by atoms with Gasteiger partial charge in [0.15, 0.2) is 5.17 Å². The number of carbonyl (C=O) groups excluding carboxylic acids is 1. The highest BCUT2D eigenvalue weighted by atomic mass is 32.2. The minimum absolute atomic E-state index is 0.151. The molecular formula is C31H39N5O2S. The van der Waals surface area contributed by atoms with E-state index in [-0.39, 0.29) is 5.91 Å². The van der Waals surface area contributed by atoms with E-state index in [0.717, 1.165) is 58.3 Å². The van der Waals surface area contributed by atoms with E-state index < -0.39 is 4.75 Å². The molecule has 0 unspecified atom stereocenters. The summed E-state index contributed by atoms with van der Waals surface area (Å²) in [6.07, 6.45) is 0. The lowest BCUT2D eigenvalue weighted by atomic mass is 9.82. The number of aliphatic imine (C=N–C) groups is 1. The van der Waals surface area contributed by atoms with Crippen molar-refractivity contribution in [1.29, 1.82) is 0 Å². The summed E-state index contributed by atoms with van der Waals surface area (Å²) in [6, 6.07) is 21.5. The Morgan fingerprint density at radius 3 is 1.82 bits per heavy atom. The van der Waals surface area contributed by atoms with Gasteiger partial charge in [-0.25, -0.2) is 4.99 Å². The van der Waals surface area contributed by atoms with Gasteiger partial charge in [0.1, 0.15) is 10.5 Å². The lowest BCUT2D eigenvalue weighted by Gasteiger charge is -2.39. The summed E-state index contributed by atoms with van der Waals surface area (Å²) in [6.45, 7) is 7.46. The first-order valence-corrected chi connectivity index (χ1v) is 14.0. The molecular weight excluding hydrogens is 506 g/mol. The zero-order valence-electron chi connectivity index (χ0n) is 24.2. The molecule has 39 heavy (non-hydrogen) atoms. The Morgan fingerprint density at radius 1 is 0.897 bits per heavy atom. The largest absolute Gasteiger partial charge is 0.495 e. The van der Waals surface area contributed by atoms with E-state index in [4.69, 9.17) is 9.73 Å². The molecule has 1 aliphatic rings. The number of nitrogens with zero attached hydrogens (tertiary/aromatic N) is 4. The molecule has 206 valence electrons. The molecule has 0 atom stereocenters. The van der Waals surface area contributed by atoms with Gasteiger partial charge in [-0.05, 0) is 61.4 Å². The van der Waals surface area contributed by atoms with Crippen LogP contribution in [0.1, 0.15) is 37.5 Å². The molecule has 4 rings (SSSR count). The Bertz CT molecular complexity index is 1300. The van der Waals surface area contributed by atoms with Crippen molar-refractivity contribution in [2.45, 2.75) is 25.5 Å². The normalized spacial score (nSPS) is 13.7. The summed E-state index contributed by atoms with van der Waals surface area (Å²) in [5.74, 6) is 0.650. The third kappa shape index (κ3) is 5.43. The topological polar surface area (TPSA) is 60.4 Å². The first kappa shape index (κ1) is 28.4. The second-order valence-electron chi connectivity index (χ2n) is 9.98. The van der Waals surface area contributed by atoms with Gasteiger partial charge in [-0.15, -0.1) is 0 Å². The monoisotopic (exact) mass is 545 g/mol. The van der Waals surface area contributed by atoms with Gasteiger partial charge < -0.3 is 24.8 Å². The number of anilines is 3. The average molecular weight is 546 g/mol. The number of amidine groups is 1. The third-order valence-electron chi connectivity index (χ3n) is 7.12. The lowest BCUT2D eigenvalue weighted by molar-refractivity contribution is -0.117. The van der Waals surface area contributed by atoms with E-state index in [1.165, 1.54) is 6.92 Å². The Hall–Kier alpha value is -3.65. The molecule has 0 bridgehead atoms. The number of nitrogens with one attached hydrogen (secondary N) is 1. The molecule has 0 saturated heterocycles. The molecule has 1 heterocycles. The van der Waals surface area contributed by atoms with Crippen molar-refractivity contribution in [2.75, 3.05) is 63.1 Å². The third-order valence-corrected chi connectivity index (χ3v) is 8.50. The van der Waals surface area contributed by atoms with Crippen LogP contribution in [-0.4, -0.2) is 59.5 Å². The first-order chi connectivity index (χ1) is 18.6. The van der Waals surface area contributed by atoms with Crippen LogP contribution in [0.4, 0.5) is 22.7 Å². The van der Waals surface area contributed by atoms with Gasteiger partial charge in [0, 0.05) is 65.1 Å². The molecule has 8 heteroatoms. The summed E-state index contributed by atoms with van der Waals surface area (Å²) in [7, 11) is 9.87. The summed E-state index contributed by atoms with van der Waals surface area (Å²) in [5.41, 5.74) is 7.22. The fourth-order valence-corrected chi connectivity index (χ4v) is 6.44. The number of benzene rings is 3. The molecule has 0 spiro atoms. The van der Waals surface area contributed by atoms with Crippen molar-refractivity contribution < 1.29 is 9.53 Å². The molecule has 0 aliphatic carbocycles. The second kappa shape index (κ2) is 11.6. The average Bonchev–Trinajstić information content (AvgIpc) is 2.92. The van der Waals surface area contributed by atoms with E-state index in [1.807, 2.05) is 28.2 Å². The number of thioether (sulfide) groups is 1. The minimum atomic E-state index is -0.681.